The molecule has 0 aliphatic carbocycles. The maximum atomic E-state index is 13.7. The van der Waals surface area contributed by atoms with Crippen LogP contribution < -0.4 is 5.32 Å². The monoisotopic (exact) mass is 370 g/mol. The molecule has 1 N–H and O–H groups in total. The zero-order valence-electron chi connectivity index (χ0n) is 14.7. The van der Waals surface area contributed by atoms with Crippen LogP contribution in [-0.4, -0.2) is 25.9 Å². The van der Waals surface area contributed by atoms with Crippen LogP contribution in [0.15, 0.2) is 53.7 Å². The van der Waals surface area contributed by atoms with Crippen molar-refractivity contribution < 1.29 is 9.18 Å². The fourth-order valence-corrected chi connectivity index (χ4v) is 3.33. The van der Waals surface area contributed by atoms with E-state index in [4.69, 9.17) is 0 Å². The Morgan fingerprint density at radius 3 is 2.50 bits per heavy atom. The number of nitrogens with zero attached hydrogens (tertiary/aromatic N) is 3. The van der Waals surface area contributed by atoms with Crippen LogP contribution in [-0.2, 0) is 4.79 Å². The maximum absolute atomic E-state index is 13.7. The second-order valence-electron chi connectivity index (χ2n) is 5.93. The van der Waals surface area contributed by atoms with Gasteiger partial charge in [-0.2, -0.15) is 0 Å². The van der Waals surface area contributed by atoms with E-state index in [0.29, 0.717) is 5.16 Å². The molecule has 0 saturated carbocycles. The Morgan fingerprint density at radius 2 is 1.81 bits per heavy atom. The van der Waals surface area contributed by atoms with Crippen LogP contribution in [0.25, 0.3) is 5.69 Å². The van der Waals surface area contributed by atoms with Crippen molar-refractivity contribution in [3.8, 4) is 5.69 Å². The van der Waals surface area contributed by atoms with Gasteiger partial charge in [0.1, 0.15) is 11.6 Å². The number of nitrogens with one attached hydrogen (secondary N) is 1. The summed E-state index contributed by atoms with van der Waals surface area (Å²) in [7, 11) is 0. The number of rotatable bonds is 5. The molecule has 0 saturated heterocycles. The topological polar surface area (TPSA) is 59.8 Å². The smallest absolute Gasteiger partial charge is 0.237 e. The summed E-state index contributed by atoms with van der Waals surface area (Å²) in [4.78, 5) is 12.4. The third kappa shape index (κ3) is 3.94. The van der Waals surface area contributed by atoms with Crippen molar-refractivity contribution in [1.82, 2.24) is 14.8 Å². The molecule has 1 heterocycles. The lowest BCUT2D eigenvalue weighted by molar-refractivity contribution is -0.115. The molecule has 7 heteroatoms. The number of carbonyl (C=O) groups excluding carboxylic acids is 1. The highest BCUT2D eigenvalue weighted by molar-refractivity contribution is 8.00. The Morgan fingerprint density at radius 1 is 1.12 bits per heavy atom. The fraction of sp³-hybridized carbons (Fsp3) is 0.211. The van der Waals surface area contributed by atoms with E-state index in [1.807, 2.05) is 42.7 Å². The van der Waals surface area contributed by atoms with Crippen molar-refractivity contribution in [2.24, 2.45) is 0 Å². The SMILES string of the molecule is Cc1ccc(-n2c(C)nnc2S[C@H](C)C(=O)Nc2ccccc2F)cc1. The van der Waals surface area contributed by atoms with E-state index in [0.717, 1.165) is 17.1 Å². The lowest BCUT2D eigenvalue weighted by Gasteiger charge is -2.13. The lowest BCUT2D eigenvalue weighted by Crippen LogP contribution is -2.23. The minimum atomic E-state index is -0.470. The first-order chi connectivity index (χ1) is 12.5. The number of halogens is 1. The van der Waals surface area contributed by atoms with E-state index in [1.165, 1.54) is 23.9 Å². The molecule has 0 unspecified atom stereocenters. The fourth-order valence-electron chi connectivity index (χ4n) is 2.42. The highest BCUT2D eigenvalue weighted by atomic mass is 32.2. The van der Waals surface area contributed by atoms with E-state index in [-0.39, 0.29) is 11.6 Å². The molecule has 3 rings (SSSR count). The van der Waals surface area contributed by atoms with Gasteiger partial charge in [0.15, 0.2) is 5.16 Å². The second-order valence-corrected chi connectivity index (χ2v) is 7.24. The second kappa shape index (κ2) is 7.70. The normalized spacial score (nSPS) is 12.0. The number of benzene rings is 2. The number of aromatic nitrogens is 3. The lowest BCUT2D eigenvalue weighted by atomic mass is 10.2. The number of carbonyl (C=O) groups is 1. The summed E-state index contributed by atoms with van der Waals surface area (Å²) in [5.41, 5.74) is 2.26. The molecule has 134 valence electrons. The van der Waals surface area contributed by atoms with E-state index in [1.54, 1.807) is 19.1 Å². The molecule has 2 aromatic carbocycles. The van der Waals surface area contributed by atoms with Gasteiger partial charge in [-0.1, -0.05) is 41.6 Å². The Bertz CT molecular complexity index is 924. The van der Waals surface area contributed by atoms with Gasteiger partial charge in [0.05, 0.1) is 10.9 Å². The number of aryl methyl sites for hydroxylation is 2. The first-order valence-electron chi connectivity index (χ1n) is 8.17. The van der Waals surface area contributed by atoms with E-state index >= 15 is 0 Å². The zero-order valence-corrected chi connectivity index (χ0v) is 15.5. The van der Waals surface area contributed by atoms with Gasteiger partial charge in [0.2, 0.25) is 5.91 Å². The molecule has 0 aliphatic heterocycles. The van der Waals surface area contributed by atoms with Crippen LogP contribution in [0.1, 0.15) is 18.3 Å². The van der Waals surface area contributed by atoms with E-state index < -0.39 is 11.1 Å². The van der Waals surface area contributed by atoms with Gasteiger partial charge in [-0.05, 0) is 45.0 Å². The number of para-hydroxylation sites is 1. The number of thioether (sulfide) groups is 1. The van der Waals surface area contributed by atoms with Crippen molar-refractivity contribution in [2.75, 3.05) is 5.32 Å². The first kappa shape index (κ1) is 18.1. The Hall–Kier alpha value is -2.67. The zero-order chi connectivity index (χ0) is 18.7. The Kier molecular flexibility index (Phi) is 5.37. The minimum Gasteiger partial charge on any atom is -0.323 e. The van der Waals surface area contributed by atoms with Crippen LogP contribution in [0.4, 0.5) is 10.1 Å². The molecule has 3 aromatic rings. The van der Waals surface area contributed by atoms with Gasteiger partial charge >= 0.3 is 0 Å². The van der Waals surface area contributed by atoms with Gasteiger partial charge < -0.3 is 5.32 Å². The molecule has 5 nitrogen and oxygen atoms in total. The molecular formula is C19H19FN4OS. The third-order valence-corrected chi connectivity index (χ3v) is 4.91. The molecule has 1 atom stereocenters. The summed E-state index contributed by atoms with van der Waals surface area (Å²) in [5, 5.41) is 11.1. The summed E-state index contributed by atoms with van der Waals surface area (Å²) in [6.07, 6.45) is 0. The van der Waals surface area contributed by atoms with Crippen molar-refractivity contribution >= 4 is 23.4 Å². The van der Waals surface area contributed by atoms with E-state index in [9.17, 15) is 9.18 Å². The summed E-state index contributed by atoms with van der Waals surface area (Å²) in [5.74, 6) is -0.0222. The number of amides is 1. The number of anilines is 1. The Labute approximate surface area is 155 Å². The average Bonchev–Trinajstić information content (AvgIpc) is 2.98. The van der Waals surface area contributed by atoms with Crippen molar-refractivity contribution in [3.05, 3.63) is 65.7 Å². The minimum absolute atomic E-state index is 0.168. The molecular weight excluding hydrogens is 351 g/mol. The number of hydrogen-bond donors (Lipinski definition) is 1. The number of hydrogen-bond acceptors (Lipinski definition) is 4. The van der Waals surface area contributed by atoms with Crippen LogP contribution in [0, 0.1) is 19.7 Å². The molecule has 1 aromatic heterocycles. The quantitative estimate of drug-likeness (QED) is 0.686. The highest BCUT2D eigenvalue weighted by Crippen LogP contribution is 2.26. The van der Waals surface area contributed by atoms with Crippen LogP contribution in [0.5, 0.6) is 0 Å². The average molecular weight is 370 g/mol. The van der Waals surface area contributed by atoms with E-state index in [2.05, 4.69) is 15.5 Å². The summed E-state index contributed by atoms with van der Waals surface area (Å²) >= 11 is 1.28. The van der Waals surface area contributed by atoms with Gasteiger partial charge in [0.25, 0.3) is 0 Å². The van der Waals surface area contributed by atoms with Crippen LogP contribution in [0.3, 0.4) is 0 Å². The van der Waals surface area contributed by atoms with Gasteiger partial charge in [-0.3, -0.25) is 9.36 Å². The molecule has 0 radical (unpaired) electrons. The van der Waals surface area contributed by atoms with Gasteiger partial charge in [-0.25, -0.2) is 4.39 Å². The van der Waals surface area contributed by atoms with Crippen molar-refractivity contribution in [3.63, 3.8) is 0 Å². The predicted octanol–water partition coefficient (Wildman–Crippen LogP) is 4.14. The third-order valence-electron chi connectivity index (χ3n) is 3.87. The highest BCUT2D eigenvalue weighted by Gasteiger charge is 2.20. The Balaban J connectivity index is 1.77. The molecule has 0 spiro atoms. The van der Waals surface area contributed by atoms with Gasteiger partial charge in [0, 0.05) is 5.69 Å². The summed E-state index contributed by atoms with van der Waals surface area (Å²) < 4.78 is 15.6. The first-order valence-corrected chi connectivity index (χ1v) is 9.05. The molecule has 0 bridgehead atoms. The summed E-state index contributed by atoms with van der Waals surface area (Å²) in [6.45, 7) is 5.64. The predicted molar refractivity (Wildman–Crippen MR) is 101 cm³/mol. The van der Waals surface area contributed by atoms with Crippen LogP contribution >= 0.6 is 11.8 Å². The summed E-state index contributed by atoms with van der Waals surface area (Å²) in [6, 6.07) is 14.1. The van der Waals surface area contributed by atoms with Crippen LogP contribution in [0.2, 0.25) is 0 Å². The molecule has 0 fully saturated rings. The largest absolute Gasteiger partial charge is 0.323 e. The molecule has 1 amide bonds. The van der Waals surface area contributed by atoms with Gasteiger partial charge in [-0.15, -0.1) is 10.2 Å². The van der Waals surface area contributed by atoms with Crippen molar-refractivity contribution in [1.29, 1.82) is 0 Å². The van der Waals surface area contributed by atoms with Crippen molar-refractivity contribution in [2.45, 2.75) is 31.2 Å². The maximum Gasteiger partial charge on any atom is 0.237 e. The standard InChI is InChI=1S/C19H19FN4OS/c1-12-8-10-15(11-9-12)24-14(3)22-23-19(24)26-13(2)18(25)21-17-7-5-4-6-16(17)20/h4-11,13H,1-3H3,(H,21,25)/t13-/m1/s1. The molecule has 26 heavy (non-hydrogen) atoms. The molecule has 0 aliphatic rings.